The van der Waals surface area contributed by atoms with Crippen molar-refractivity contribution in [2.75, 3.05) is 17.2 Å². The molecule has 0 spiro atoms. The van der Waals surface area contributed by atoms with Crippen molar-refractivity contribution in [2.45, 2.75) is 6.92 Å². The van der Waals surface area contributed by atoms with Crippen LogP contribution in [0.15, 0.2) is 30.3 Å². The van der Waals surface area contributed by atoms with Crippen LogP contribution in [0.4, 0.5) is 17.5 Å². The molecule has 0 bridgehead atoms. The predicted molar refractivity (Wildman–Crippen MR) is 83.3 cm³/mol. The topological polar surface area (TPSA) is 55.0 Å². The first kappa shape index (κ1) is 13.4. The van der Waals surface area contributed by atoms with E-state index in [9.17, 15) is 0 Å². The van der Waals surface area contributed by atoms with Crippen LogP contribution in [-0.4, -0.2) is 16.5 Å². The molecular formula is C12H12ClIN4. The molecule has 2 aromatic rings. The maximum absolute atomic E-state index is 5.89. The molecule has 0 saturated heterocycles. The van der Waals surface area contributed by atoms with Gasteiger partial charge in [-0.05, 0) is 53.8 Å². The average molecular weight is 375 g/mol. The van der Waals surface area contributed by atoms with Crippen LogP contribution in [0.3, 0.4) is 0 Å². The second-order valence-electron chi connectivity index (χ2n) is 3.63. The average Bonchev–Trinajstić information content (AvgIpc) is 2.31. The van der Waals surface area contributed by atoms with E-state index >= 15 is 0 Å². The van der Waals surface area contributed by atoms with Crippen LogP contribution in [0, 0.1) is 3.70 Å². The van der Waals surface area contributed by atoms with Gasteiger partial charge < -0.3 is 10.6 Å². The van der Waals surface area contributed by atoms with Crippen LogP contribution in [0.1, 0.15) is 6.92 Å². The van der Waals surface area contributed by atoms with Gasteiger partial charge in [0.05, 0.1) is 0 Å². The highest BCUT2D eigenvalue weighted by Crippen LogP contribution is 2.25. The Balaban J connectivity index is 2.41. The smallest absolute Gasteiger partial charge is 0.222 e. The van der Waals surface area contributed by atoms with E-state index in [-0.39, 0.29) is 5.95 Å². The fourth-order valence-electron chi connectivity index (χ4n) is 1.66. The molecule has 2 rings (SSSR count). The number of nitrogens with two attached hydrogens (primary N) is 1. The molecular weight excluding hydrogens is 363 g/mol. The molecule has 0 unspecified atom stereocenters. The fourth-order valence-corrected chi connectivity index (χ4v) is 2.31. The molecule has 94 valence electrons. The largest absolute Gasteiger partial charge is 0.368 e. The summed E-state index contributed by atoms with van der Waals surface area (Å²) in [6.07, 6.45) is 0. The third-order valence-corrected chi connectivity index (χ3v) is 3.23. The zero-order chi connectivity index (χ0) is 13.1. The van der Waals surface area contributed by atoms with Gasteiger partial charge in [-0.15, -0.1) is 0 Å². The Morgan fingerprint density at radius 2 is 1.94 bits per heavy atom. The van der Waals surface area contributed by atoms with Gasteiger partial charge >= 0.3 is 0 Å². The van der Waals surface area contributed by atoms with E-state index in [0.717, 1.165) is 21.8 Å². The van der Waals surface area contributed by atoms with Gasteiger partial charge in [-0.3, -0.25) is 0 Å². The summed E-state index contributed by atoms with van der Waals surface area (Å²) in [5, 5.41) is 0.714. The van der Waals surface area contributed by atoms with E-state index in [0.29, 0.717) is 5.02 Å². The maximum atomic E-state index is 5.89. The minimum atomic E-state index is 0.282. The van der Waals surface area contributed by atoms with E-state index in [4.69, 9.17) is 17.3 Å². The highest BCUT2D eigenvalue weighted by molar-refractivity contribution is 14.1. The van der Waals surface area contributed by atoms with Crippen molar-refractivity contribution in [3.8, 4) is 0 Å². The lowest BCUT2D eigenvalue weighted by Crippen LogP contribution is -2.18. The zero-order valence-corrected chi connectivity index (χ0v) is 12.7. The Kier molecular flexibility index (Phi) is 4.23. The first-order valence-electron chi connectivity index (χ1n) is 5.43. The Morgan fingerprint density at radius 1 is 1.28 bits per heavy atom. The monoisotopic (exact) mass is 374 g/mol. The summed E-state index contributed by atoms with van der Waals surface area (Å²) >= 11 is 8.02. The molecule has 1 aromatic carbocycles. The van der Waals surface area contributed by atoms with Crippen molar-refractivity contribution in [3.05, 3.63) is 39.1 Å². The Morgan fingerprint density at radius 3 is 2.50 bits per heavy atom. The van der Waals surface area contributed by atoms with Gasteiger partial charge in [0.15, 0.2) is 0 Å². The first-order chi connectivity index (χ1) is 8.60. The third kappa shape index (κ3) is 3.02. The van der Waals surface area contributed by atoms with Gasteiger partial charge in [0.2, 0.25) is 5.95 Å². The standard InChI is InChI=1S/C12H12ClIN4/c1-2-18(9-5-3-8(13)4-6-9)11-7-10(14)16-12(15)17-11/h3-7H,2H2,1H3,(H2,15,16,17). The molecule has 6 heteroatoms. The molecule has 0 aliphatic rings. The van der Waals surface area contributed by atoms with E-state index in [1.165, 1.54) is 0 Å². The van der Waals surface area contributed by atoms with Crippen molar-refractivity contribution >= 4 is 51.6 Å². The lowest BCUT2D eigenvalue weighted by atomic mass is 10.3. The summed E-state index contributed by atoms with van der Waals surface area (Å²) < 4.78 is 0.822. The Hall–Kier alpha value is -1.08. The van der Waals surface area contributed by atoms with Gasteiger partial charge in [0, 0.05) is 23.3 Å². The van der Waals surface area contributed by atoms with Crippen molar-refractivity contribution < 1.29 is 0 Å². The molecule has 0 saturated carbocycles. The molecule has 1 aromatic heterocycles. The van der Waals surface area contributed by atoms with Crippen molar-refractivity contribution in [1.82, 2.24) is 9.97 Å². The predicted octanol–water partition coefficient (Wildman–Crippen LogP) is 3.47. The van der Waals surface area contributed by atoms with Crippen LogP contribution >= 0.6 is 34.2 Å². The summed E-state index contributed by atoms with van der Waals surface area (Å²) in [5.41, 5.74) is 6.70. The van der Waals surface area contributed by atoms with Gasteiger partial charge in [0.1, 0.15) is 9.52 Å². The molecule has 1 heterocycles. The molecule has 0 aliphatic carbocycles. The number of hydrogen-bond acceptors (Lipinski definition) is 4. The number of anilines is 3. The van der Waals surface area contributed by atoms with Crippen LogP contribution in [-0.2, 0) is 0 Å². The van der Waals surface area contributed by atoms with Crippen molar-refractivity contribution in [3.63, 3.8) is 0 Å². The highest BCUT2D eigenvalue weighted by atomic mass is 127. The van der Waals surface area contributed by atoms with Crippen LogP contribution in [0.25, 0.3) is 0 Å². The normalized spacial score (nSPS) is 10.4. The van der Waals surface area contributed by atoms with E-state index < -0.39 is 0 Å². The quantitative estimate of drug-likeness (QED) is 0.660. The summed E-state index contributed by atoms with van der Waals surface area (Å²) in [4.78, 5) is 10.4. The minimum absolute atomic E-state index is 0.282. The molecule has 0 aliphatic heterocycles. The van der Waals surface area contributed by atoms with Crippen molar-refractivity contribution in [2.24, 2.45) is 0 Å². The van der Waals surface area contributed by atoms with Crippen LogP contribution in [0.5, 0.6) is 0 Å². The summed E-state index contributed by atoms with van der Waals surface area (Å²) in [6.45, 7) is 2.84. The van der Waals surface area contributed by atoms with Crippen LogP contribution in [0.2, 0.25) is 5.02 Å². The van der Waals surface area contributed by atoms with E-state index in [1.54, 1.807) is 0 Å². The molecule has 0 fully saturated rings. The van der Waals surface area contributed by atoms with Gasteiger partial charge in [-0.25, -0.2) is 4.98 Å². The molecule has 0 atom stereocenters. The number of nitrogen functional groups attached to an aromatic ring is 1. The van der Waals surface area contributed by atoms with Crippen molar-refractivity contribution in [1.29, 1.82) is 0 Å². The second-order valence-corrected chi connectivity index (χ2v) is 5.17. The number of hydrogen-bond donors (Lipinski definition) is 1. The lowest BCUT2D eigenvalue weighted by molar-refractivity contribution is 0.976. The van der Waals surface area contributed by atoms with Gasteiger partial charge in [-0.2, -0.15) is 4.98 Å². The number of halogens is 2. The van der Waals surface area contributed by atoms with Crippen LogP contribution < -0.4 is 10.6 Å². The van der Waals surface area contributed by atoms with E-state index in [1.807, 2.05) is 30.3 Å². The molecule has 2 N–H and O–H groups in total. The zero-order valence-electron chi connectivity index (χ0n) is 9.77. The van der Waals surface area contributed by atoms with Gasteiger partial charge in [0.25, 0.3) is 0 Å². The molecule has 4 nitrogen and oxygen atoms in total. The molecule has 0 amide bonds. The number of rotatable bonds is 3. The lowest BCUT2D eigenvalue weighted by Gasteiger charge is -2.22. The molecule has 0 radical (unpaired) electrons. The first-order valence-corrected chi connectivity index (χ1v) is 6.89. The summed E-state index contributed by atoms with van der Waals surface area (Å²) in [7, 11) is 0. The fraction of sp³-hybridized carbons (Fsp3) is 0.167. The third-order valence-electron chi connectivity index (χ3n) is 2.43. The highest BCUT2D eigenvalue weighted by Gasteiger charge is 2.10. The number of aromatic nitrogens is 2. The minimum Gasteiger partial charge on any atom is -0.368 e. The van der Waals surface area contributed by atoms with E-state index in [2.05, 4.69) is 44.4 Å². The molecule has 18 heavy (non-hydrogen) atoms. The Bertz CT molecular complexity index is 524. The summed E-state index contributed by atoms with van der Waals surface area (Å²) in [6, 6.07) is 9.52. The Labute approximate surface area is 124 Å². The second kappa shape index (κ2) is 5.71. The summed E-state index contributed by atoms with van der Waals surface area (Å²) in [5.74, 6) is 1.07. The number of benzene rings is 1. The number of nitrogens with zero attached hydrogens (tertiary/aromatic N) is 3. The SMILES string of the molecule is CCN(c1ccc(Cl)cc1)c1cc(I)nc(N)n1. The van der Waals surface area contributed by atoms with Gasteiger partial charge in [-0.1, -0.05) is 11.6 Å². The maximum Gasteiger partial charge on any atom is 0.222 e.